The van der Waals surface area contributed by atoms with Crippen molar-refractivity contribution in [2.75, 3.05) is 13.6 Å². The number of alkyl halides is 2. The monoisotopic (exact) mass is 608 g/mol. The Morgan fingerprint density at radius 1 is 1.07 bits per heavy atom. The number of likely N-dealkylation sites (N-methyl/N-ethyl adjacent to an activating group) is 1. The highest BCUT2D eigenvalue weighted by Gasteiger charge is 2.74. The number of fused-ring (bicyclic) bond motifs is 2. The number of benzene rings is 1. The molecule has 224 valence electrons. The molecule has 3 aliphatic rings. The third kappa shape index (κ3) is 6.48. The Morgan fingerprint density at radius 3 is 2.22 bits per heavy atom. The Balaban J connectivity index is 1.60. The topological polar surface area (TPSA) is 134 Å². The Labute approximate surface area is 250 Å². The highest BCUT2D eigenvalue weighted by molar-refractivity contribution is 6.51. The number of ketones is 1. The van der Waals surface area contributed by atoms with Gasteiger partial charge < -0.3 is 25.6 Å². The fourth-order valence-corrected chi connectivity index (χ4v) is 6.88. The second-order valence-electron chi connectivity index (χ2n) is 12.1. The number of carbonyl (C=O) groups is 5. The predicted octanol–water partition coefficient (Wildman–Crippen LogP) is 2.53. The summed E-state index contributed by atoms with van der Waals surface area (Å²) in [5.41, 5.74) is 1.40. The summed E-state index contributed by atoms with van der Waals surface area (Å²) in [4.78, 5) is 66.9. The average molecular weight is 610 g/mol. The number of carbonyl (C=O) groups excluding carboxylic acids is 5. The molecule has 5 unspecified atom stereocenters. The lowest BCUT2D eigenvalue weighted by atomic mass is 9.94. The van der Waals surface area contributed by atoms with Gasteiger partial charge in [-0.2, -0.15) is 0 Å². The molecule has 4 amide bonds. The van der Waals surface area contributed by atoms with Crippen LogP contribution in [0.2, 0.25) is 0 Å². The van der Waals surface area contributed by atoms with Gasteiger partial charge in [-0.1, -0.05) is 37.6 Å². The predicted molar refractivity (Wildman–Crippen MR) is 153 cm³/mol. The minimum absolute atomic E-state index is 0.114. The van der Waals surface area contributed by atoms with Crippen molar-refractivity contribution >= 4 is 52.8 Å². The number of alkyl carbamates (subject to hydrolysis) is 1. The van der Waals surface area contributed by atoms with Gasteiger partial charge in [0.1, 0.15) is 22.0 Å². The lowest BCUT2D eigenvalue weighted by Crippen LogP contribution is -2.60. The Kier molecular flexibility index (Phi) is 8.95. The van der Waals surface area contributed by atoms with Crippen LogP contribution in [0, 0.1) is 17.8 Å². The van der Waals surface area contributed by atoms with Gasteiger partial charge in [-0.25, -0.2) is 4.79 Å². The maximum atomic E-state index is 14.2. The number of halogens is 2. The van der Waals surface area contributed by atoms with Crippen LogP contribution in [-0.2, 0) is 36.8 Å². The molecule has 1 saturated heterocycles. The summed E-state index contributed by atoms with van der Waals surface area (Å²) in [5.74, 6) is -3.85. The number of hydrogen-bond donors (Lipinski definition) is 3. The smallest absolute Gasteiger partial charge is 0.408 e. The Morgan fingerprint density at radius 2 is 1.68 bits per heavy atom. The summed E-state index contributed by atoms with van der Waals surface area (Å²) >= 11 is 13.0. The largest absolute Gasteiger partial charge is 0.444 e. The van der Waals surface area contributed by atoms with Crippen molar-refractivity contribution in [1.82, 2.24) is 20.9 Å². The van der Waals surface area contributed by atoms with Gasteiger partial charge in [-0.05, 0) is 57.1 Å². The van der Waals surface area contributed by atoms with Crippen molar-refractivity contribution in [3.05, 3.63) is 35.4 Å². The fourth-order valence-electron chi connectivity index (χ4n) is 6.05. The summed E-state index contributed by atoms with van der Waals surface area (Å²) < 4.78 is 4.27. The zero-order valence-electron chi connectivity index (χ0n) is 24.0. The van der Waals surface area contributed by atoms with E-state index in [2.05, 4.69) is 16.0 Å². The van der Waals surface area contributed by atoms with Gasteiger partial charge in [0.05, 0.1) is 6.04 Å². The van der Waals surface area contributed by atoms with Crippen LogP contribution in [0.5, 0.6) is 0 Å². The fraction of sp³-hybridized carbons (Fsp3) is 0.621. The molecular weight excluding hydrogens is 571 g/mol. The Bertz CT molecular complexity index is 1210. The molecule has 2 aliphatic carbocycles. The molecule has 0 radical (unpaired) electrons. The highest BCUT2D eigenvalue weighted by Crippen LogP contribution is 2.65. The Hall–Kier alpha value is -2.85. The molecule has 1 heterocycles. The molecule has 5 atom stereocenters. The van der Waals surface area contributed by atoms with E-state index in [-0.39, 0.29) is 24.8 Å². The number of rotatable bonds is 9. The lowest BCUT2D eigenvalue weighted by Gasteiger charge is -2.35. The maximum Gasteiger partial charge on any atom is 0.408 e. The molecule has 1 aromatic carbocycles. The summed E-state index contributed by atoms with van der Waals surface area (Å²) in [6.45, 7) is 7.14. The average Bonchev–Trinajstić information content (AvgIpc) is 3.28. The molecule has 1 aliphatic heterocycles. The molecule has 0 bridgehead atoms. The van der Waals surface area contributed by atoms with E-state index < -0.39 is 63.6 Å². The molecule has 1 saturated carbocycles. The highest BCUT2D eigenvalue weighted by atomic mass is 35.5. The molecule has 4 rings (SSSR count). The van der Waals surface area contributed by atoms with Crippen LogP contribution < -0.4 is 16.0 Å². The minimum Gasteiger partial charge on any atom is -0.444 e. The molecule has 2 fully saturated rings. The van der Waals surface area contributed by atoms with Crippen molar-refractivity contribution in [3.63, 3.8) is 0 Å². The van der Waals surface area contributed by atoms with Crippen molar-refractivity contribution in [2.24, 2.45) is 17.8 Å². The summed E-state index contributed by atoms with van der Waals surface area (Å²) in [6.07, 6.45) is 1.16. The summed E-state index contributed by atoms with van der Waals surface area (Å²) in [5, 5.41) is 7.75. The first kappa shape index (κ1) is 31.1. The van der Waals surface area contributed by atoms with Gasteiger partial charge in [0.15, 0.2) is 0 Å². The standard InChI is InChI=1S/C29H38Cl2N4O6/c1-6-9-19(23(36)25(38)32-5)33-24(37)22-20-18(29(20,30)31)14-35(22)26(39)21(34-27(40)41-28(2,3)4)17-12-15-10-7-8-11-16(15)13-17/h7-8,10-11,17-22H,6,9,12-14H2,1-5H3,(H,32,38)(H,33,37)(H,34,40). The van der Waals surface area contributed by atoms with Crippen LogP contribution in [0.4, 0.5) is 4.79 Å². The van der Waals surface area contributed by atoms with E-state index >= 15 is 0 Å². The van der Waals surface area contributed by atoms with Gasteiger partial charge in [0.25, 0.3) is 5.91 Å². The molecule has 10 nitrogen and oxygen atoms in total. The van der Waals surface area contributed by atoms with Crippen LogP contribution in [-0.4, -0.2) is 76.2 Å². The van der Waals surface area contributed by atoms with Crippen molar-refractivity contribution < 1.29 is 28.7 Å². The van der Waals surface area contributed by atoms with Gasteiger partial charge >= 0.3 is 6.09 Å². The molecule has 41 heavy (non-hydrogen) atoms. The van der Waals surface area contributed by atoms with Crippen LogP contribution in [0.1, 0.15) is 51.7 Å². The third-order valence-corrected chi connectivity index (χ3v) is 9.10. The number of Topliss-reactive ketones (excluding diaryl/α,β-unsaturated/α-hetero) is 1. The van der Waals surface area contributed by atoms with Gasteiger partial charge in [-0.15, -0.1) is 23.2 Å². The number of amides is 4. The van der Waals surface area contributed by atoms with E-state index in [1.165, 1.54) is 11.9 Å². The second kappa shape index (κ2) is 11.8. The van der Waals surface area contributed by atoms with E-state index in [1.54, 1.807) is 20.8 Å². The van der Waals surface area contributed by atoms with Crippen LogP contribution in [0.3, 0.4) is 0 Å². The number of ether oxygens (including phenoxy) is 1. The number of piperidine rings is 1. The number of likely N-dealkylation sites (tertiary alicyclic amines) is 1. The molecular formula is C29H38Cl2N4O6. The molecule has 0 aromatic heterocycles. The molecule has 3 N–H and O–H groups in total. The van der Waals surface area contributed by atoms with E-state index in [1.807, 2.05) is 31.2 Å². The minimum atomic E-state index is -1.21. The first-order chi connectivity index (χ1) is 19.2. The van der Waals surface area contributed by atoms with Crippen LogP contribution in [0.25, 0.3) is 0 Å². The molecule has 12 heteroatoms. The second-order valence-corrected chi connectivity index (χ2v) is 13.5. The van der Waals surface area contributed by atoms with E-state index in [9.17, 15) is 24.0 Å². The van der Waals surface area contributed by atoms with Gasteiger partial charge in [0, 0.05) is 25.4 Å². The maximum absolute atomic E-state index is 14.2. The van der Waals surface area contributed by atoms with E-state index in [0.29, 0.717) is 19.3 Å². The number of hydrogen-bond acceptors (Lipinski definition) is 6. The van der Waals surface area contributed by atoms with Crippen molar-refractivity contribution in [2.45, 2.75) is 81.4 Å². The zero-order valence-corrected chi connectivity index (χ0v) is 25.5. The molecule has 1 aromatic rings. The van der Waals surface area contributed by atoms with E-state index in [4.69, 9.17) is 27.9 Å². The third-order valence-electron chi connectivity index (χ3n) is 8.04. The SMILES string of the molecule is CCCC(NC(=O)C1C2C(CN1C(=O)C(NC(=O)OC(C)(C)C)C1Cc3ccccc3C1)C2(Cl)Cl)C(=O)C(=O)NC. The quantitative estimate of drug-likeness (QED) is 0.291. The van der Waals surface area contributed by atoms with Crippen LogP contribution >= 0.6 is 23.2 Å². The van der Waals surface area contributed by atoms with Crippen LogP contribution in [0.15, 0.2) is 24.3 Å². The van der Waals surface area contributed by atoms with Gasteiger partial charge in [-0.3, -0.25) is 19.2 Å². The van der Waals surface area contributed by atoms with Crippen molar-refractivity contribution in [1.29, 1.82) is 0 Å². The van der Waals surface area contributed by atoms with E-state index in [0.717, 1.165) is 11.1 Å². The first-order valence-corrected chi connectivity index (χ1v) is 14.8. The van der Waals surface area contributed by atoms with Gasteiger partial charge in [0.2, 0.25) is 17.6 Å². The lowest BCUT2D eigenvalue weighted by molar-refractivity contribution is -0.144. The number of nitrogens with zero attached hydrogens (tertiary/aromatic N) is 1. The normalized spacial score (nSPS) is 24.0. The zero-order chi connectivity index (χ0) is 30.3. The summed E-state index contributed by atoms with van der Waals surface area (Å²) in [6, 6.07) is 4.73. The molecule has 0 spiro atoms. The number of nitrogens with one attached hydrogen (secondary N) is 3. The summed E-state index contributed by atoms with van der Waals surface area (Å²) in [7, 11) is 1.34. The first-order valence-electron chi connectivity index (χ1n) is 14.0. The van der Waals surface area contributed by atoms with Crippen molar-refractivity contribution in [3.8, 4) is 0 Å².